The van der Waals surface area contributed by atoms with Gasteiger partial charge in [-0.25, -0.2) is 8.78 Å². The van der Waals surface area contributed by atoms with E-state index in [1.165, 1.54) is 13.1 Å². The Morgan fingerprint density at radius 2 is 2.04 bits per heavy atom. The summed E-state index contributed by atoms with van der Waals surface area (Å²) in [5.74, 6) is -2.08. The van der Waals surface area contributed by atoms with Crippen LogP contribution < -0.4 is 5.32 Å². The van der Waals surface area contributed by atoms with E-state index >= 15 is 0 Å². The van der Waals surface area contributed by atoms with Gasteiger partial charge in [0.05, 0.1) is 21.1 Å². The average molecular weight is 389 g/mol. The van der Waals surface area contributed by atoms with E-state index in [1.54, 1.807) is 6.08 Å². The third-order valence-electron chi connectivity index (χ3n) is 3.67. The molecule has 0 aromatic carbocycles. The van der Waals surface area contributed by atoms with Gasteiger partial charge in [-0.2, -0.15) is 18.3 Å². The van der Waals surface area contributed by atoms with Gasteiger partial charge in [0.1, 0.15) is 11.6 Å². The van der Waals surface area contributed by atoms with E-state index in [0.717, 1.165) is 10.7 Å². The number of aromatic nitrogens is 2. The molecule has 0 atom stereocenters. The van der Waals surface area contributed by atoms with Crippen LogP contribution in [0.1, 0.15) is 28.2 Å². The van der Waals surface area contributed by atoms with E-state index in [-0.39, 0.29) is 27.6 Å². The Morgan fingerprint density at radius 1 is 1.31 bits per heavy atom. The Balaban J connectivity index is 1.89. The lowest BCUT2D eigenvalue weighted by molar-refractivity contribution is -0.141. The molecule has 0 saturated heterocycles. The number of aryl methyl sites for hydroxylation is 1. The van der Waals surface area contributed by atoms with E-state index in [0.29, 0.717) is 23.8 Å². The van der Waals surface area contributed by atoms with E-state index in [9.17, 15) is 26.7 Å². The number of carbonyl (C=O) groups is 1. The van der Waals surface area contributed by atoms with Gasteiger partial charge in [-0.05, 0) is 24.6 Å². The maximum absolute atomic E-state index is 14.2. The van der Waals surface area contributed by atoms with Gasteiger partial charge in [-0.1, -0.05) is 6.08 Å². The lowest BCUT2D eigenvalue weighted by Crippen LogP contribution is -2.22. The smallest absolute Gasteiger partial charge is 0.319 e. The van der Waals surface area contributed by atoms with E-state index in [1.807, 2.05) is 0 Å². The topological polar surface area (TPSA) is 46.9 Å². The number of thiophene rings is 1. The monoisotopic (exact) mass is 389 g/mol. The summed E-state index contributed by atoms with van der Waals surface area (Å²) in [6.45, 7) is 0. The van der Waals surface area contributed by atoms with Gasteiger partial charge in [-0.15, -0.1) is 11.3 Å². The molecule has 0 spiro atoms. The number of carbonyl (C=O) groups excluding carboxylic acids is 1. The van der Waals surface area contributed by atoms with Gasteiger partial charge >= 0.3 is 6.18 Å². The predicted molar refractivity (Wildman–Crippen MR) is 85.5 cm³/mol. The largest absolute Gasteiger partial charge is 0.435 e. The molecular formula is C16H12F5N3OS. The van der Waals surface area contributed by atoms with Crippen molar-refractivity contribution in [2.75, 3.05) is 0 Å². The molecule has 3 rings (SSSR count). The van der Waals surface area contributed by atoms with E-state index in [2.05, 4.69) is 10.4 Å². The molecule has 1 aliphatic rings. The molecule has 1 amide bonds. The van der Waals surface area contributed by atoms with Gasteiger partial charge < -0.3 is 5.32 Å². The minimum Gasteiger partial charge on any atom is -0.319 e. The molecule has 2 aromatic rings. The number of nitrogens with zero attached hydrogens (tertiary/aromatic N) is 2. The second kappa shape index (κ2) is 6.67. The van der Waals surface area contributed by atoms with Crippen molar-refractivity contribution in [1.29, 1.82) is 0 Å². The summed E-state index contributed by atoms with van der Waals surface area (Å²) >= 11 is 0.664. The highest BCUT2D eigenvalue weighted by Crippen LogP contribution is 2.36. The quantitative estimate of drug-likeness (QED) is 0.782. The fourth-order valence-electron chi connectivity index (χ4n) is 2.40. The Kier molecular flexibility index (Phi) is 4.70. The minimum absolute atomic E-state index is 0.00324. The van der Waals surface area contributed by atoms with Crippen molar-refractivity contribution < 1.29 is 26.7 Å². The molecule has 26 heavy (non-hydrogen) atoms. The van der Waals surface area contributed by atoms with Gasteiger partial charge in [0.2, 0.25) is 0 Å². The van der Waals surface area contributed by atoms with Crippen molar-refractivity contribution >= 4 is 17.2 Å². The molecule has 1 N–H and O–H groups in total. The maximum Gasteiger partial charge on any atom is 0.435 e. The lowest BCUT2D eigenvalue weighted by atomic mass is 10.1. The van der Waals surface area contributed by atoms with Crippen molar-refractivity contribution in [3.8, 4) is 10.6 Å². The molecular weight excluding hydrogens is 377 g/mol. The number of hydrogen-bond acceptors (Lipinski definition) is 3. The van der Waals surface area contributed by atoms with E-state index in [4.69, 9.17) is 0 Å². The molecule has 10 heteroatoms. The van der Waals surface area contributed by atoms with Crippen LogP contribution >= 0.6 is 11.3 Å². The third-order valence-corrected chi connectivity index (χ3v) is 4.80. The summed E-state index contributed by atoms with van der Waals surface area (Å²) in [5.41, 5.74) is -1.27. The molecule has 2 aromatic heterocycles. The van der Waals surface area contributed by atoms with E-state index < -0.39 is 29.4 Å². The van der Waals surface area contributed by atoms with Crippen molar-refractivity contribution in [2.24, 2.45) is 7.05 Å². The molecule has 0 bridgehead atoms. The first-order valence-electron chi connectivity index (χ1n) is 7.44. The first-order valence-corrected chi connectivity index (χ1v) is 8.26. The van der Waals surface area contributed by atoms with Gasteiger partial charge in [-0.3, -0.25) is 9.48 Å². The van der Waals surface area contributed by atoms with Crippen LogP contribution in [-0.4, -0.2) is 15.7 Å². The van der Waals surface area contributed by atoms with Crippen LogP contribution in [-0.2, 0) is 13.2 Å². The molecule has 0 radical (unpaired) electrons. The van der Waals surface area contributed by atoms with Crippen LogP contribution in [0.3, 0.4) is 0 Å². The molecule has 0 aliphatic heterocycles. The third kappa shape index (κ3) is 3.55. The molecule has 0 saturated carbocycles. The number of halogens is 5. The van der Waals surface area contributed by atoms with Crippen molar-refractivity contribution in [2.45, 2.75) is 19.0 Å². The number of hydrogen-bond donors (Lipinski definition) is 1. The van der Waals surface area contributed by atoms with Gasteiger partial charge in [0.15, 0.2) is 5.69 Å². The molecule has 1 aliphatic carbocycles. The molecule has 138 valence electrons. The SMILES string of the molecule is Cn1nc(C(F)(F)F)cc1-c1sc(C(=O)NC2=C(F)CCC=C2)cc1F. The van der Waals surface area contributed by atoms with Crippen molar-refractivity contribution in [1.82, 2.24) is 15.1 Å². The highest BCUT2D eigenvalue weighted by molar-refractivity contribution is 7.17. The highest BCUT2D eigenvalue weighted by atomic mass is 32.1. The number of allylic oxidation sites excluding steroid dienone is 3. The standard InChI is InChI=1S/C16H12F5N3OS/c1-24-11(7-13(23-24)16(19,20)21)14-9(18)6-12(26-14)15(25)22-10-5-3-2-4-8(10)17/h3,5-7H,2,4H2,1H3,(H,22,25). The van der Waals surface area contributed by atoms with Crippen molar-refractivity contribution in [3.05, 3.63) is 52.2 Å². The van der Waals surface area contributed by atoms with Gasteiger partial charge in [0.25, 0.3) is 5.91 Å². The summed E-state index contributed by atoms with van der Waals surface area (Å²) in [5, 5.41) is 5.66. The second-order valence-corrected chi connectivity index (χ2v) is 6.59. The number of rotatable bonds is 3. The van der Waals surface area contributed by atoms with Crippen LogP contribution in [0.25, 0.3) is 10.6 Å². The number of amides is 1. The minimum atomic E-state index is -4.67. The molecule has 2 heterocycles. The lowest BCUT2D eigenvalue weighted by Gasteiger charge is -2.10. The zero-order valence-corrected chi connectivity index (χ0v) is 14.1. The first kappa shape index (κ1) is 18.3. The fraction of sp³-hybridized carbons (Fsp3) is 0.250. The summed E-state index contributed by atoms with van der Waals surface area (Å²) in [7, 11) is 1.25. The highest BCUT2D eigenvalue weighted by Gasteiger charge is 2.35. The first-order chi connectivity index (χ1) is 12.2. The van der Waals surface area contributed by atoms with Gasteiger partial charge in [0, 0.05) is 13.5 Å². The molecule has 0 unspecified atom stereocenters. The predicted octanol–water partition coefficient (Wildman–Crippen LogP) is 4.57. The van der Waals surface area contributed by atoms with Crippen molar-refractivity contribution in [3.63, 3.8) is 0 Å². The van der Waals surface area contributed by atoms with Crippen LogP contribution in [0.5, 0.6) is 0 Å². The molecule has 4 nitrogen and oxygen atoms in total. The summed E-state index contributed by atoms with van der Waals surface area (Å²) < 4.78 is 67.0. The number of nitrogens with one attached hydrogen (secondary N) is 1. The normalized spacial score (nSPS) is 14.8. The van der Waals surface area contributed by atoms with Crippen LogP contribution in [0.2, 0.25) is 0 Å². The fourth-order valence-corrected chi connectivity index (χ4v) is 3.38. The van der Waals surface area contributed by atoms with Crippen LogP contribution in [0, 0.1) is 5.82 Å². The zero-order chi connectivity index (χ0) is 19.1. The van der Waals surface area contributed by atoms with Crippen LogP contribution in [0.15, 0.2) is 35.8 Å². The maximum atomic E-state index is 14.2. The second-order valence-electron chi connectivity index (χ2n) is 5.54. The summed E-state index contributed by atoms with van der Waals surface area (Å²) in [4.78, 5) is 12.0. The molecule has 0 fully saturated rings. The Labute approximate surface area is 148 Å². The number of alkyl halides is 3. The zero-order valence-electron chi connectivity index (χ0n) is 13.3. The summed E-state index contributed by atoms with van der Waals surface area (Å²) in [6.07, 6.45) is -0.885. The van der Waals surface area contributed by atoms with Crippen LogP contribution in [0.4, 0.5) is 22.0 Å². The average Bonchev–Trinajstić information content (AvgIpc) is 3.12. The Morgan fingerprint density at radius 3 is 2.65 bits per heavy atom. The Hall–Kier alpha value is -2.49. The summed E-state index contributed by atoms with van der Waals surface area (Å²) in [6, 6.07) is 1.61. The Bertz CT molecular complexity index is 923.